The van der Waals surface area contributed by atoms with Gasteiger partial charge in [0, 0.05) is 5.02 Å². The van der Waals surface area contributed by atoms with E-state index in [1.54, 1.807) is 12.1 Å². The molecule has 0 amide bonds. The Balaban J connectivity index is 1.98. The third kappa shape index (κ3) is 6.18. The topological polar surface area (TPSA) is 93.7 Å². The maximum Gasteiger partial charge on any atom is 0.434 e. The Morgan fingerprint density at radius 3 is 2.46 bits per heavy atom. The molecule has 3 aromatic rings. The summed E-state index contributed by atoms with van der Waals surface area (Å²) in [4.78, 5) is 30.1. The van der Waals surface area contributed by atoms with Crippen LogP contribution in [-0.4, -0.2) is 29.9 Å². The predicted octanol–water partition coefficient (Wildman–Crippen LogP) is 5.11. The standard InChI is InChI=1S/C25H15ClF3I2N3O4S/c1-2-37-23(36)18-19(13-3-5-14(26)6-4-13)34-22(35)17(39-24(34)33-21(18)25(27,28)29)11-12-9-15(30)20(16(31)10-12)38-8-7-32/h3-6,9-11,19H,2,8H2,1H3/b17-11-/t19-/m0/s1. The van der Waals surface area contributed by atoms with Gasteiger partial charge in [0.1, 0.15) is 11.8 Å². The van der Waals surface area contributed by atoms with E-state index in [0.29, 0.717) is 23.5 Å². The maximum absolute atomic E-state index is 14.2. The number of allylic oxidation sites excluding steroid dienone is 1. The highest BCUT2D eigenvalue weighted by Gasteiger charge is 2.45. The number of aromatic nitrogens is 1. The number of benzene rings is 2. The maximum atomic E-state index is 14.2. The Bertz CT molecular complexity index is 1690. The minimum atomic E-state index is -4.99. The number of halogens is 6. The zero-order valence-corrected chi connectivity index (χ0v) is 25.6. The van der Waals surface area contributed by atoms with Crippen LogP contribution in [0, 0.1) is 18.5 Å². The van der Waals surface area contributed by atoms with Crippen molar-refractivity contribution in [3.8, 4) is 11.8 Å². The molecular formula is C25H15ClF3I2N3O4S. The van der Waals surface area contributed by atoms with Crippen molar-refractivity contribution in [3.05, 3.63) is 90.6 Å². The molecule has 0 N–H and O–H groups in total. The van der Waals surface area contributed by atoms with Crippen LogP contribution in [0.4, 0.5) is 13.2 Å². The molecule has 39 heavy (non-hydrogen) atoms. The van der Waals surface area contributed by atoms with Crippen LogP contribution in [-0.2, 0) is 9.53 Å². The molecule has 0 saturated heterocycles. The lowest BCUT2D eigenvalue weighted by atomic mass is 9.95. The highest BCUT2D eigenvalue weighted by Crippen LogP contribution is 2.38. The minimum absolute atomic E-state index is 0.108. The molecule has 1 aromatic heterocycles. The SMILES string of the molecule is CCOC(=O)C1=C(C(F)(F)F)N=c2s/c(=C\c3cc(I)c(OCC#N)c(I)c3)c(=O)n2[C@H]1c1ccc(Cl)cc1. The summed E-state index contributed by atoms with van der Waals surface area (Å²) in [5.74, 6) is -0.715. The van der Waals surface area contributed by atoms with E-state index in [0.717, 1.165) is 15.9 Å². The molecule has 0 unspecified atom stereocenters. The van der Waals surface area contributed by atoms with E-state index in [-0.39, 0.29) is 28.1 Å². The molecule has 0 fully saturated rings. The normalized spacial score (nSPS) is 15.4. The van der Waals surface area contributed by atoms with Gasteiger partial charge in [0.2, 0.25) is 0 Å². The van der Waals surface area contributed by atoms with Crippen molar-refractivity contribution in [2.75, 3.05) is 13.2 Å². The molecule has 0 saturated carbocycles. The van der Waals surface area contributed by atoms with Gasteiger partial charge in [0.15, 0.2) is 17.1 Å². The second kappa shape index (κ2) is 12.0. The van der Waals surface area contributed by atoms with Gasteiger partial charge in [0.25, 0.3) is 5.56 Å². The smallest absolute Gasteiger partial charge is 0.434 e. The number of carbonyl (C=O) groups excluding carboxylic acids is 1. The summed E-state index contributed by atoms with van der Waals surface area (Å²) in [6.45, 7) is 1.16. The van der Waals surface area contributed by atoms with Crippen LogP contribution in [0.25, 0.3) is 6.08 Å². The Kier molecular flexibility index (Phi) is 9.08. The molecule has 2 aromatic carbocycles. The number of hydrogen-bond acceptors (Lipinski definition) is 7. The Labute approximate surface area is 255 Å². The zero-order valence-electron chi connectivity index (χ0n) is 19.7. The largest absolute Gasteiger partial charge is 0.477 e. The van der Waals surface area contributed by atoms with Crippen molar-refractivity contribution < 1.29 is 27.4 Å². The molecule has 4 rings (SSSR count). The fraction of sp³-hybridized carbons (Fsp3) is 0.200. The van der Waals surface area contributed by atoms with Gasteiger partial charge in [-0.25, -0.2) is 9.79 Å². The second-order valence-corrected chi connectivity index (χ2v) is 11.6. The number of ether oxygens (including phenoxy) is 2. The van der Waals surface area contributed by atoms with Gasteiger partial charge in [-0.05, 0) is 93.6 Å². The monoisotopic (exact) mass is 799 g/mol. The summed E-state index contributed by atoms with van der Waals surface area (Å²) >= 11 is 10.8. The van der Waals surface area contributed by atoms with E-state index < -0.39 is 35.0 Å². The first kappa shape index (κ1) is 29.6. The van der Waals surface area contributed by atoms with Gasteiger partial charge in [-0.3, -0.25) is 9.36 Å². The fourth-order valence-electron chi connectivity index (χ4n) is 3.86. The third-order valence-electron chi connectivity index (χ3n) is 5.38. The van der Waals surface area contributed by atoms with Crippen LogP contribution >= 0.6 is 68.1 Å². The number of hydrogen-bond donors (Lipinski definition) is 0. The van der Waals surface area contributed by atoms with Gasteiger partial charge in [-0.1, -0.05) is 35.1 Å². The van der Waals surface area contributed by atoms with Gasteiger partial charge < -0.3 is 9.47 Å². The quantitative estimate of drug-likeness (QED) is 0.256. The van der Waals surface area contributed by atoms with E-state index >= 15 is 0 Å². The first-order chi connectivity index (χ1) is 18.5. The van der Waals surface area contributed by atoms with Gasteiger partial charge in [-0.15, -0.1) is 0 Å². The van der Waals surface area contributed by atoms with Gasteiger partial charge in [-0.2, -0.15) is 18.4 Å². The summed E-state index contributed by atoms with van der Waals surface area (Å²) in [5, 5.41) is 9.13. The van der Waals surface area contributed by atoms with Crippen LogP contribution in [0.3, 0.4) is 0 Å². The van der Waals surface area contributed by atoms with Crippen molar-refractivity contribution in [1.29, 1.82) is 5.26 Å². The predicted molar refractivity (Wildman–Crippen MR) is 155 cm³/mol. The third-order valence-corrected chi connectivity index (χ3v) is 8.22. The molecule has 1 aliphatic rings. The highest BCUT2D eigenvalue weighted by atomic mass is 127. The molecule has 1 atom stereocenters. The summed E-state index contributed by atoms with van der Waals surface area (Å²) in [7, 11) is 0. The average Bonchev–Trinajstić information content (AvgIpc) is 3.17. The number of alkyl halides is 3. The molecule has 0 spiro atoms. The van der Waals surface area contributed by atoms with E-state index in [2.05, 4.69) is 4.99 Å². The van der Waals surface area contributed by atoms with Crippen molar-refractivity contribution in [3.63, 3.8) is 0 Å². The van der Waals surface area contributed by atoms with E-state index in [4.69, 9.17) is 26.3 Å². The lowest BCUT2D eigenvalue weighted by molar-refractivity contribution is -0.140. The number of thiazole rings is 1. The lowest BCUT2D eigenvalue weighted by Gasteiger charge is -2.26. The van der Waals surface area contributed by atoms with E-state index in [1.165, 1.54) is 37.3 Å². The van der Waals surface area contributed by atoms with Crippen LogP contribution in [0.2, 0.25) is 5.02 Å². The van der Waals surface area contributed by atoms with Crippen molar-refractivity contribution >= 4 is 80.2 Å². The summed E-state index contributed by atoms with van der Waals surface area (Å²) in [5.41, 5.74) is -2.01. The minimum Gasteiger partial charge on any atom is -0.477 e. The number of carbonyl (C=O) groups is 1. The second-order valence-electron chi connectivity index (χ2n) is 7.88. The van der Waals surface area contributed by atoms with E-state index in [9.17, 15) is 22.8 Å². The van der Waals surface area contributed by atoms with Crippen molar-refractivity contribution in [1.82, 2.24) is 4.57 Å². The van der Waals surface area contributed by atoms with Crippen molar-refractivity contribution in [2.24, 2.45) is 4.99 Å². The van der Waals surface area contributed by atoms with Crippen LogP contribution < -0.4 is 19.6 Å². The highest BCUT2D eigenvalue weighted by molar-refractivity contribution is 14.1. The van der Waals surface area contributed by atoms with E-state index in [1.807, 2.05) is 51.3 Å². The summed E-state index contributed by atoms with van der Waals surface area (Å²) in [6.07, 6.45) is -3.46. The number of esters is 1. The molecule has 1 aliphatic heterocycles. The number of nitrogens with zero attached hydrogens (tertiary/aromatic N) is 3. The molecule has 14 heteroatoms. The molecular weight excluding hydrogens is 785 g/mol. The first-order valence-corrected chi connectivity index (χ1v) is 14.4. The molecule has 202 valence electrons. The average molecular weight is 800 g/mol. The van der Waals surface area contributed by atoms with Crippen LogP contribution in [0.15, 0.2) is 57.5 Å². The Morgan fingerprint density at radius 2 is 1.90 bits per heavy atom. The molecule has 0 radical (unpaired) electrons. The molecule has 0 bridgehead atoms. The molecule has 0 aliphatic carbocycles. The number of nitriles is 1. The summed E-state index contributed by atoms with van der Waals surface area (Å²) in [6, 6.07) is 9.72. The molecule has 2 heterocycles. The van der Waals surface area contributed by atoms with Gasteiger partial charge >= 0.3 is 12.1 Å². The fourth-order valence-corrected chi connectivity index (χ4v) is 7.11. The Hall–Kier alpha value is -2.42. The summed E-state index contributed by atoms with van der Waals surface area (Å²) < 4.78 is 55.6. The van der Waals surface area contributed by atoms with Crippen LogP contribution in [0.1, 0.15) is 24.1 Å². The first-order valence-electron chi connectivity index (χ1n) is 11.0. The zero-order chi connectivity index (χ0) is 28.5. The number of fused-ring (bicyclic) bond motifs is 1. The lowest BCUT2D eigenvalue weighted by Crippen LogP contribution is -2.41. The van der Waals surface area contributed by atoms with Crippen LogP contribution in [0.5, 0.6) is 5.75 Å². The Morgan fingerprint density at radius 1 is 1.26 bits per heavy atom. The molecule has 7 nitrogen and oxygen atoms in total. The number of rotatable bonds is 6. The van der Waals surface area contributed by atoms with Gasteiger partial charge in [0.05, 0.1) is 29.9 Å². The van der Waals surface area contributed by atoms with Crippen molar-refractivity contribution in [2.45, 2.75) is 19.1 Å².